The van der Waals surface area contributed by atoms with Crippen molar-refractivity contribution >= 4 is 28.5 Å². The second-order valence-electron chi connectivity index (χ2n) is 8.63. The second kappa shape index (κ2) is 8.13. The molecule has 2 aromatic heterocycles. The van der Waals surface area contributed by atoms with Crippen molar-refractivity contribution in [3.05, 3.63) is 46.6 Å². The number of carbonyl (C=O) groups is 2. The molecule has 4 rings (SSSR count). The Bertz CT molecular complexity index is 1170. The number of hydrogen-bond donors (Lipinski definition) is 1. The van der Waals surface area contributed by atoms with Crippen LogP contribution in [0.5, 0.6) is 0 Å². The van der Waals surface area contributed by atoms with Crippen molar-refractivity contribution < 1.29 is 9.59 Å². The average Bonchev–Trinajstić information content (AvgIpc) is 3.08. The van der Waals surface area contributed by atoms with E-state index in [1.807, 2.05) is 19.1 Å². The van der Waals surface area contributed by atoms with Gasteiger partial charge in [0.1, 0.15) is 5.82 Å². The Morgan fingerprint density at radius 3 is 2.39 bits per heavy atom. The first-order valence-corrected chi connectivity index (χ1v) is 10.7. The molecule has 3 heterocycles. The number of anilines is 1. The van der Waals surface area contributed by atoms with Crippen molar-refractivity contribution in [1.82, 2.24) is 19.7 Å². The zero-order valence-electron chi connectivity index (χ0n) is 18.8. The topological polar surface area (TPSA) is 80.1 Å². The SMILES string of the molecule is CC(=O)N1CCC(C(=O)Nc2cc(C)nn2-c2cc(C)c3cc(C)cc(C)c3n2)CC1. The number of pyridine rings is 1. The fourth-order valence-corrected chi connectivity index (χ4v) is 4.38. The molecule has 1 aromatic carbocycles. The molecule has 1 aliphatic rings. The van der Waals surface area contributed by atoms with E-state index < -0.39 is 0 Å². The molecule has 0 unspecified atom stereocenters. The maximum Gasteiger partial charge on any atom is 0.228 e. The summed E-state index contributed by atoms with van der Waals surface area (Å²) >= 11 is 0. The van der Waals surface area contributed by atoms with E-state index in [-0.39, 0.29) is 17.7 Å². The third kappa shape index (κ3) is 4.17. The molecule has 1 saturated heterocycles. The van der Waals surface area contributed by atoms with Gasteiger partial charge in [0.2, 0.25) is 11.8 Å². The van der Waals surface area contributed by atoms with Crippen molar-refractivity contribution in [2.24, 2.45) is 5.92 Å². The maximum absolute atomic E-state index is 12.9. The van der Waals surface area contributed by atoms with Crippen LogP contribution in [0.3, 0.4) is 0 Å². The monoisotopic (exact) mass is 419 g/mol. The predicted molar refractivity (Wildman–Crippen MR) is 121 cm³/mol. The van der Waals surface area contributed by atoms with Gasteiger partial charge in [-0.2, -0.15) is 9.78 Å². The first-order valence-electron chi connectivity index (χ1n) is 10.7. The van der Waals surface area contributed by atoms with Crippen LogP contribution < -0.4 is 5.32 Å². The third-order valence-electron chi connectivity index (χ3n) is 6.05. The molecular weight excluding hydrogens is 390 g/mol. The van der Waals surface area contributed by atoms with Gasteiger partial charge in [-0.05, 0) is 63.8 Å². The normalized spacial score (nSPS) is 14.8. The number of likely N-dealkylation sites (tertiary alicyclic amines) is 1. The summed E-state index contributed by atoms with van der Waals surface area (Å²) in [4.78, 5) is 31.1. The number of fused-ring (bicyclic) bond motifs is 1. The summed E-state index contributed by atoms with van der Waals surface area (Å²) < 4.78 is 1.71. The highest BCUT2D eigenvalue weighted by Gasteiger charge is 2.27. The van der Waals surface area contributed by atoms with Crippen LogP contribution in [0, 0.1) is 33.6 Å². The number of carbonyl (C=O) groups excluding carboxylic acids is 2. The maximum atomic E-state index is 12.9. The Hall–Kier alpha value is -3.22. The number of hydrogen-bond acceptors (Lipinski definition) is 4. The van der Waals surface area contributed by atoms with Crippen molar-refractivity contribution in [3.63, 3.8) is 0 Å². The highest BCUT2D eigenvalue weighted by atomic mass is 16.2. The van der Waals surface area contributed by atoms with Crippen molar-refractivity contribution in [2.45, 2.75) is 47.5 Å². The molecule has 3 aromatic rings. The number of amides is 2. The Balaban J connectivity index is 1.62. The summed E-state index contributed by atoms with van der Waals surface area (Å²) in [5, 5.41) is 8.78. The van der Waals surface area contributed by atoms with E-state index in [1.54, 1.807) is 16.5 Å². The largest absolute Gasteiger partial charge is 0.343 e. The molecular formula is C24H29N5O2. The lowest BCUT2D eigenvalue weighted by molar-refractivity contribution is -0.132. The van der Waals surface area contributed by atoms with Gasteiger partial charge in [-0.1, -0.05) is 11.6 Å². The van der Waals surface area contributed by atoms with Crippen LogP contribution >= 0.6 is 0 Å². The molecule has 31 heavy (non-hydrogen) atoms. The smallest absolute Gasteiger partial charge is 0.228 e. The number of nitrogens with zero attached hydrogens (tertiary/aromatic N) is 4. The van der Waals surface area contributed by atoms with Gasteiger partial charge in [0.15, 0.2) is 5.82 Å². The van der Waals surface area contributed by atoms with E-state index in [0.717, 1.165) is 27.7 Å². The fraction of sp³-hybridized carbons (Fsp3) is 0.417. The molecule has 1 N–H and O–H groups in total. The van der Waals surface area contributed by atoms with Crippen LogP contribution in [-0.4, -0.2) is 44.6 Å². The van der Waals surface area contributed by atoms with E-state index in [1.165, 1.54) is 5.56 Å². The van der Waals surface area contributed by atoms with Gasteiger partial charge in [-0.25, -0.2) is 4.98 Å². The van der Waals surface area contributed by atoms with Crippen LogP contribution in [0.1, 0.15) is 42.1 Å². The number of rotatable bonds is 3. The van der Waals surface area contributed by atoms with Crippen LogP contribution in [0.4, 0.5) is 5.82 Å². The predicted octanol–water partition coefficient (Wildman–Crippen LogP) is 3.85. The molecule has 1 fully saturated rings. The molecule has 162 valence electrons. The van der Waals surface area contributed by atoms with E-state index in [4.69, 9.17) is 4.98 Å². The number of nitrogens with one attached hydrogen (secondary N) is 1. The Labute approximate surface area is 182 Å². The lowest BCUT2D eigenvalue weighted by Gasteiger charge is -2.30. The molecule has 2 amide bonds. The van der Waals surface area contributed by atoms with Gasteiger partial charge in [0.25, 0.3) is 0 Å². The lowest BCUT2D eigenvalue weighted by Crippen LogP contribution is -2.40. The third-order valence-corrected chi connectivity index (χ3v) is 6.05. The van der Waals surface area contributed by atoms with Crippen molar-refractivity contribution in [2.75, 3.05) is 18.4 Å². The second-order valence-corrected chi connectivity index (χ2v) is 8.63. The Kier molecular flexibility index (Phi) is 5.52. The lowest BCUT2D eigenvalue weighted by atomic mass is 9.96. The number of aromatic nitrogens is 3. The minimum absolute atomic E-state index is 0.0336. The zero-order chi connectivity index (χ0) is 22.3. The first kappa shape index (κ1) is 21.0. The van der Waals surface area contributed by atoms with Gasteiger partial charge in [-0.15, -0.1) is 0 Å². The van der Waals surface area contributed by atoms with Gasteiger partial charge in [0.05, 0.1) is 11.2 Å². The quantitative estimate of drug-likeness (QED) is 0.699. The van der Waals surface area contributed by atoms with Gasteiger partial charge in [0, 0.05) is 37.4 Å². The molecule has 0 bridgehead atoms. The molecule has 7 nitrogen and oxygen atoms in total. The molecule has 0 saturated carbocycles. The number of piperidine rings is 1. The minimum atomic E-state index is -0.115. The summed E-state index contributed by atoms with van der Waals surface area (Å²) in [6.45, 7) is 10.9. The number of aryl methyl sites for hydroxylation is 4. The highest BCUT2D eigenvalue weighted by Crippen LogP contribution is 2.26. The van der Waals surface area contributed by atoms with Crippen LogP contribution in [0.2, 0.25) is 0 Å². The first-order chi connectivity index (χ1) is 14.7. The summed E-state index contributed by atoms with van der Waals surface area (Å²) in [5.41, 5.74) is 5.20. The minimum Gasteiger partial charge on any atom is -0.343 e. The van der Waals surface area contributed by atoms with Crippen molar-refractivity contribution in [1.29, 1.82) is 0 Å². The van der Waals surface area contributed by atoms with Gasteiger partial charge < -0.3 is 10.2 Å². The summed E-state index contributed by atoms with van der Waals surface area (Å²) in [5.74, 6) is 1.22. The Morgan fingerprint density at radius 2 is 1.71 bits per heavy atom. The van der Waals surface area contributed by atoms with Gasteiger partial charge >= 0.3 is 0 Å². The highest BCUT2D eigenvalue weighted by molar-refractivity contribution is 5.92. The molecule has 0 spiro atoms. The molecule has 7 heteroatoms. The van der Waals surface area contributed by atoms with Crippen LogP contribution in [-0.2, 0) is 9.59 Å². The summed E-state index contributed by atoms with van der Waals surface area (Å²) in [6, 6.07) is 8.16. The molecule has 0 aliphatic carbocycles. The molecule has 0 atom stereocenters. The molecule has 1 aliphatic heterocycles. The van der Waals surface area contributed by atoms with Crippen LogP contribution in [0.25, 0.3) is 16.7 Å². The van der Waals surface area contributed by atoms with E-state index in [2.05, 4.69) is 43.3 Å². The van der Waals surface area contributed by atoms with E-state index in [0.29, 0.717) is 37.6 Å². The standard InChI is InChI=1S/C24H29N5O2/c1-14-10-16(3)23-20(11-14)15(2)12-21(25-23)29-22(13-17(4)27-29)26-24(31)19-6-8-28(9-7-19)18(5)30/h10-13,19H,6-9H2,1-5H3,(H,26,31). The van der Waals surface area contributed by atoms with E-state index in [9.17, 15) is 9.59 Å². The summed E-state index contributed by atoms with van der Waals surface area (Å²) in [6.07, 6.45) is 1.34. The summed E-state index contributed by atoms with van der Waals surface area (Å²) in [7, 11) is 0. The molecule has 0 radical (unpaired) electrons. The average molecular weight is 420 g/mol. The number of benzene rings is 1. The Morgan fingerprint density at radius 1 is 1.00 bits per heavy atom. The van der Waals surface area contributed by atoms with Crippen LogP contribution in [0.15, 0.2) is 24.3 Å². The fourth-order valence-electron chi connectivity index (χ4n) is 4.38. The van der Waals surface area contributed by atoms with Crippen molar-refractivity contribution in [3.8, 4) is 5.82 Å². The van der Waals surface area contributed by atoms with Gasteiger partial charge in [-0.3, -0.25) is 9.59 Å². The van der Waals surface area contributed by atoms with E-state index >= 15 is 0 Å². The zero-order valence-corrected chi connectivity index (χ0v) is 18.8.